The second-order valence-corrected chi connectivity index (χ2v) is 4.81. The molecule has 0 aliphatic heterocycles. The Morgan fingerprint density at radius 3 is 2.88 bits per heavy atom. The summed E-state index contributed by atoms with van der Waals surface area (Å²) >= 11 is 6.00. The third-order valence-corrected chi connectivity index (χ3v) is 3.51. The minimum atomic E-state index is 0.255. The zero-order valence-electron chi connectivity index (χ0n) is 9.41. The van der Waals surface area contributed by atoms with Gasteiger partial charge < -0.3 is 11.1 Å². The van der Waals surface area contributed by atoms with E-state index in [4.69, 9.17) is 17.3 Å². The van der Waals surface area contributed by atoms with E-state index in [9.17, 15) is 0 Å². The Labute approximate surface area is 101 Å². The Morgan fingerprint density at radius 1 is 1.50 bits per heavy atom. The standard InChI is InChI=1S/C11H17ClN4/c1-7(8-4-2-3-5-8)15-10-9(12)6-14-11(13)16-10/h6-8H,2-5H2,1H3,(H3,13,14,15,16). The van der Waals surface area contributed by atoms with Gasteiger partial charge in [0, 0.05) is 6.04 Å². The largest absolute Gasteiger partial charge is 0.368 e. The minimum Gasteiger partial charge on any atom is -0.368 e. The van der Waals surface area contributed by atoms with Crippen molar-refractivity contribution in [3.05, 3.63) is 11.2 Å². The number of nitrogens with one attached hydrogen (secondary N) is 1. The number of halogens is 1. The maximum Gasteiger partial charge on any atom is 0.222 e. The number of nitrogen functional groups attached to an aromatic ring is 1. The van der Waals surface area contributed by atoms with Crippen molar-refractivity contribution in [3.63, 3.8) is 0 Å². The van der Waals surface area contributed by atoms with E-state index in [1.54, 1.807) is 0 Å². The van der Waals surface area contributed by atoms with E-state index in [1.807, 2.05) is 0 Å². The normalized spacial score (nSPS) is 18.6. The molecule has 1 aromatic rings. The van der Waals surface area contributed by atoms with E-state index in [0.717, 1.165) is 0 Å². The molecular weight excluding hydrogens is 224 g/mol. The molecule has 16 heavy (non-hydrogen) atoms. The molecule has 3 N–H and O–H groups in total. The van der Waals surface area contributed by atoms with Crippen molar-refractivity contribution in [1.82, 2.24) is 9.97 Å². The maximum absolute atomic E-state index is 6.00. The monoisotopic (exact) mass is 240 g/mol. The molecule has 1 unspecified atom stereocenters. The van der Waals surface area contributed by atoms with Crippen LogP contribution >= 0.6 is 11.6 Å². The van der Waals surface area contributed by atoms with Crippen LogP contribution < -0.4 is 11.1 Å². The summed E-state index contributed by atoms with van der Waals surface area (Å²) in [5.74, 6) is 1.62. The summed E-state index contributed by atoms with van der Waals surface area (Å²) in [6.07, 6.45) is 6.76. The number of hydrogen-bond acceptors (Lipinski definition) is 4. The fourth-order valence-corrected chi connectivity index (χ4v) is 2.42. The zero-order valence-corrected chi connectivity index (χ0v) is 10.2. The van der Waals surface area contributed by atoms with Gasteiger partial charge in [-0.15, -0.1) is 0 Å². The van der Waals surface area contributed by atoms with Crippen LogP contribution in [0.5, 0.6) is 0 Å². The molecule has 0 radical (unpaired) electrons. The first kappa shape index (κ1) is 11.5. The molecule has 1 heterocycles. The molecule has 0 amide bonds. The molecule has 2 rings (SSSR count). The molecule has 0 spiro atoms. The second kappa shape index (κ2) is 4.87. The third kappa shape index (κ3) is 2.55. The first-order valence-corrected chi connectivity index (χ1v) is 6.09. The van der Waals surface area contributed by atoms with Gasteiger partial charge in [-0.25, -0.2) is 4.98 Å². The Balaban J connectivity index is 2.04. The first-order valence-electron chi connectivity index (χ1n) is 5.71. The van der Waals surface area contributed by atoms with Gasteiger partial charge in [0.05, 0.1) is 6.20 Å². The predicted molar refractivity (Wildman–Crippen MR) is 66.5 cm³/mol. The molecule has 5 heteroatoms. The van der Waals surface area contributed by atoms with Crippen molar-refractivity contribution in [2.75, 3.05) is 11.1 Å². The maximum atomic E-state index is 6.00. The van der Waals surface area contributed by atoms with Crippen LogP contribution in [-0.4, -0.2) is 16.0 Å². The molecule has 0 saturated heterocycles. The highest BCUT2D eigenvalue weighted by molar-refractivity contribution is 6.32. The lowest BCUT2D eigenvalue weighted by Gasteiger charge is -2.21. The van der Waals surface area contributed by atoms with Crippen molar-refractivity contribution in [2.24, 2.45) is 5.92 Å². The molecule has 0 bridgehead atoms. The summed E-state index contributed by atoms with van der Waals surface area (Å²) in [5, 5.41) is 3.86. The van der Waals surface area contributed by atoms with Gasteiger partial charge in [0.15, 0.2) is 5.82 Å². The first-order chi connectivity index (χ1) is 7.66. The topological polar surface area (TPSA) is 63.8 Å². The highest BCUT2D eigenvalue weighted by atomic mass is 35.5. The number of aromatic nitrogens is 2. The van der Waals surface area contributed by atoms with Gasteiger partial charge in [-0.3, -0.25) is 0 Å². The molecule has 1 aliphatic carbocycles. The van der Waals surface area contributed by atoms with Crippen LogP contribution in [0.2, 0.25) is 5.02 Å². The average Bonchev–Trinajstić information content (AvgIpc) is 2.76. The van der Waals surface area contributed by atoms with E-state index in [2.05, 4.69) is 22.2 Å². The fourth-order valence-electron chi connectivity index (χ4n) is 2.27. The predicted octanol–water partition coefficient (Wildman–Crippen LogP) is 2.70. The number of hydrogen-bond donors (Lipinski definition) is 2. The van der Waals surface area contributed by atoms with Crippen LogP contribution in [0, 0.1) is 5.92 Å². The van der Waals surface area contributed by atoms with Crippen molar-refractivity contribution in [3.8, 4) is 0 Å². The van der Waals surface area contributed by atoms with Gasteiger partial charge in [0.25, 0.3) is 0 Å². The van der Waals surface area contributed by atoms with E-state index in [1.165, 1.54) is 31.9 Å². The molecule has 1 aromatic heterocycles. The molecule has 1 fully saturated rings. The Morgan fingerprint density at radius 2 is 2.19 bits per heavy atom. The molecule has 4 nitrogen and oxygen atoms in total. The zero-order chi connectivity index (χ0) is 11.5. The summed E-state index contributed by atoms with van der Waals surface area (Å²) in [4.78, 5) is 7.95. The molecule has 1 aliphatic rings. The lowest BCUT2D eigenvalue weighted by Crippen LogP contribution is -2.24. The van der Waals surface area contributed by atoms with Gasteiger partial charge in [0.2, 0.25) is 5.95 Å². The van der Waals surface area contributed by atoms with Gasteiger partial charge in [-0.05, 0) is 25.7 Å². The van der Waals surface area contributed by atoms with Crippen LogP contribution in [0.15, 0.2) is 6.20 Å². The summed E-state index contributed by atoms with van der Waals surface area (Å²) in [6.45, 7) is 2.17. The van der Waals surface area contributed by atoms with E-state index < -0.39 is 0 Å². The summed E-state index contributed by atoms with van der Waals surface area (Å²) in [6, 6.07) is 0.384. The Bertz CT molecular complexity index is 363. The second-order valence-electron chi connectivity index (χ2n) is 4.40. The molecule has 1 atom stereocenters. The lowest BCUT2D eigenvalue weighted by molar-refractivity contribution is 0.481. The Kier molecular flexibility index (Phi) is 3.49. The average molecular weight is 241 g/mol. The minimum absolute atomic E-state index is 0.255. The lowest BCUT2D eigenvalue weighted by atomic mass is 10.00. The molecule has 88 valence electrons. The van der Waals surface area contributed by atoms with Gasteiger partial charge >= 0.3 is 0 Å². The molecule has 1 saturated carbocycles. The van der Waals surface area contributed by atoms with E-state index in [0.29, 0.717) is 22.8 Å². The van der Waals surface area contributed by atoms with Gasteiger partial charge in [-0.1, -0.05) is 24.4 Å². The highest BCUT2D eigenvalue weighted by Gasteiger charge is 2.22. The number of rotatable bonds is 3. The summed E-state index contributed by atoms with van der Waals surface area (Å²) < 4.78 is 0. The summed E-state index contributed by atoms with van der Waals surface area (Å²) in [5.41, 5.74) is 5.54. The van der Waals surface area contributed by atoms with Crippen molar-refractivity contribution in [2.45, 2.75) is 38.6 Å². The third-order valence-electron chi connectivity index (χ3n) is 3.23. The van der Waals surface area contributed by atoms with Crippen molar-refractivity contribution in [1.29, 1.82) is 0 Å². The number of anilines is 2. The van der Waals surface area contributed by atoms with Crippen LogP contribution in [-0.2, 0) is 0 Å². The van der Waals surface area contributed by atoms with E-state index >= 15 is 0 Å². The SMILES string of the molecule is CC(Nc1nc(N)ncc1Cl)C1CCCC1. The van der Waals surface area contributed by atoms with Gasteiger partial charge in [-0.2, -0.15) is 4.98 Å². The quantitative estimate of drug-likeness (QED) is 0.853. The van der Waals surface area contributed by atoms with Crippen molar-refractivity contribution < 1.29 is 0 Å². The highest BCUT2D eigenvalue weighted by Crippen LogP contribution is 2.30. The van der Waals surface area contributed by atoms with Crippen LogP contribution in [0.4, 0.5) is 11.8 Å². The summed E-state index contributed by atoms with van der Waals surface area (Å²) in [7, 11) is 0. The number of nitrogens with two attached hydrogens (primary N) is 1. The molecular formula is C11H17ClN4. The molecule has 0 aromatic carbocycles. The van der Waals surface area contributed by atoms with E-state index in [-0.39, 0.29) is 5.95 Å². The van der Waals surface area contributed by atoms with Crippen LogP contribution in [0.3, 0.4) is 0 Å². The van der Waals surface area contributed by atoms with Gasteiger partial charge in [0.1, 0.15) is 5.02 Å². The number of nitrogens with zero attached hydrogens (tertiary/aromatic N) is 2. The van der Waals surface area contributed by atoms with Crippen LogP contribution in [0.25, 0.3) is 0 Å². The Hall–Kier alpha value is -1.03. The van der Waals surface area contributed by atoms with Crippen molar-refractivity contribution >= 4 is 23.4 Å². The van der Waals surface area contributed by atoms with Crippen LogP contribution in [0.1, 0.15) is 32.6 Å². The fraction of sp³-hybridized carbons (Fsp3) is 0.636. The smallest absolute Gasteiger partial charge is 0.222 e.